The molecule has 0 spiro atoms. The second-order valence-electron chi connectivity index (χ2n) is 2.70. The lowest BCUT2D eigenvalue weighted by Gasteiger charge is -1.94. The third-order valence-electron chi connectivity index (χ3n) is 1.67. The third-order valence-corrected chi connectivity index (χ3v) is 1.67. The molecule has 0 saturated heterocycles. The molecule has 0 radical (unpaired) electrons. The predicted molar refractivity (Wildman–Crippen MR) is 44.7 cm³/mol. The van der Waals surface area contributed by atoms with E-state index in [0.717, 1.165) is 0 Å². The molecule has 2 heterocycles. The number of nitrogens with one attached hydrogen (secondary N) is 1. The van der Waals surface area contributed by atoms with Gasteiger partial charge in [-0.2, -0.15) is 5.10 Å². The largest absolute Gasteiger partial charge is 0.478 e. The van der Waals surface area contributed by atoms with Crippen molar-refractivity contribution < 1.29 is 9.90 Å². The maximum atomic E-state index is 10.5. The Labute approximate surface area is 78.4 Å². The molecule has 0 amide bonds. The smallest absolute Gasteiger partial charge is 0.338 e. The van der Waals surface area contributed by atoms with Crippen LogP contribution in [0.4, 0.5) is 0 Å². The van der Waals surface area contributed by atoms with E-state index in [-0.39, 0.29) is 5.56 Å². The summed E-state index contributed by atoms with van der Waals surface area (Å²) in [5.41, 5.74) is 0.860. The zero-order valence-corrected chi connectivity index (χ0v) is 7.08. The van der Waals surface area contributed by atoms with Gasteiger partial charge in [-0.15, -0.1) is 5.10 Å². The molecule has 0 aliphatic heterocycles. The molecule has 7 heteroatoms. The van der Waals surface area contributed by atoms with E-state index in [1.54, 1.807) is 6.20 Å². The maximum absolute atomic E-state index is 10.5. The zero-order chi connectivity index (χ0) is 9.97. The van der Waals surface area contributed by atoms with Crippen LogP contribution in [0.25, 0.3) is 0 Å². The van der Waals surface area contributed by atoms with Crippen LogP contribution in [0.15, 0.2) is 18.6 Å². The number of H-pyrrole nitrogens is 1. The molecular formula is C7H7N5O2. The van der Waals surface area contributed by atoms with Crippen molar-refractivity contribution in [3.05, 3.63) is 29.8 Å². The summed E-state index contributed by atoms with van der Waals surface area (Å²) in [4.78, 5) is 10.5. The maximum Gasteiger partial charge on any atom is 0.338 e. The monoisotopic (exact) mass is 193 g/mol. The molecule has 0 bridgehead atoms. The molecule has 0 aromatic carbocycles. The van der Waals surface area contributed by atoms with E-state index in [1.807, 2.05) is 0 Å². The summed E-state index contributed by atoms with van der Waals surface area (Å²) >= 11 is 0. The van der Waals surface area contributed by atoms with E-state index in [0.29, 0.717) is 12.2 Å². The van der Waals surface area contributed by atoms with E-state index < -0.39 is 5.97 Å². The molecule has 2 rings (SSSR count). The number of aromatic amines is 1. The molecule has 7 nitrogen and oxygen atoms in total. The number of nitrogens with zero attached hydrogens (tertiary/aromatic N) is 4. The fraction of sp³-hybridized carbons (Fsp3) is 0.143. The highest BCUT2D eigenvalue weighted by molar-refractivity contribution is 5.86. The van der Waals surface area contributed by atoms with Crippen LogP contribution in [0.1, 0.15) is 16.1 Å². The van der Waals surface area contributed by atoms with Crippen molar-refractivity contribution >= 4 is 5.97 Å². The van der Waals surface area contributed by atoms with E-state index in [9.17, 15) is 4.79 Å². The summed E-state index contributed by atoms with van der Waals surface area (Å²) in [7, 11) is 0. The van der Waals surface area contributed by atoms with Crippen molar-refractivity contribution in [2.45, 2.75) is 6.54 Å². The number of aromatic carboxylic acids is 1. The lowest BCUT2D eigenvalue weighted by Crippen LogP contribution is -2.00. The van der Waals surface area contributed by atoms with E-state index in [4.69, 9.17) is 5.11 Å². The minimum Gasteiger partial charge on any atom is -0.478 e. The molecule has 72 valence electrons. The number of carbonyl (C=O) groups is 1. The number of carboxylic acid groups (broad SMARTS) is 1. The van der Waals surface area contributed by atoms with E-state index in [1.165, 1.54) is 17.1 Å². The normalized spacial score (nSPS) is 10.3. The van der Waals surface area contributed by atoms with Crippen molar-refractivity contribution in [3.8, 4) is 0 Å². The molecule has 0 atom stereocenters. The van der Waals surface area contributed by atoms with Crippen LogP contribution in [0.5, 0.6) is 0 Å². The molecule has 2 N–H and O–H groups in total. The van der Waals surface area contributed by atoms with Crippen LogP contribution in [-0.2, 0) is 6.54 Å². The topological polar surface area (TPSA) is 96.7 Å². The van der Waals surface area contributed by atoms with Gasteiger partial charge in [0.2, 0.25) is 0 Å². The van der Waals surface area contributed by atoms with Gasteiger partial charge in [0.25, 0.3) is 0 Å². The first-order valence-corrected chi connectivity index (χ1v) is 3.87. The highest BCUT2D eigenvalue weighted by Gasteiger charge is 2.06. The van der Waals surface area contributed by atoms with Gasteiger partial charge in [0.15, 0.2) is 0 Å². The first-order valence-electron chi connectivity index (χ1n) is 3.87. The van der Waals surface area contributed by atoms with Crippen molar-refractivity contribution in [2.75, 3.05) is 0 Å². The highest BCUT2D eigenvalue weighted by Crippen LogP contribution is 1.99. The van der Waals surface area contributed by atoms with Crippen LogP contribution >= 0.6 is 0 Å². The number of hydrogen-bond acceptors (Lipinski definition) is 4. The van der Waals surface area contributed by atoms with E-state index in [2.05, 4.69) is 20.5 Å². The summed E-state index contributed by atoms with van der Waals surface area (Å²) in [6, 6.07) is 0. The van der Waals surface area contributed by atoms with Gasteiger partial charge in [-0.25, -0.2) is 4.79 Å². The second-order valence-corrected chi connectivity index (χ2v) is 2.70. The molecule has 0 saturated carbocycles. The average Bonchev–Trinajstić information content (AvgIpc) is 2.75. The Kier molecular flexibility index (Phi) is 1.98. The molecule has 0 aliphatic carbocycles. The first-order chi connectivity index (χ1) is 6.75. The quantitative estimate of drug-likeness (QED) is 0.700. The number of aromatic nitrogens is 5. The second kappa shape index (κ2) is 3.29. The fourth-order valence-electron chi connectivity index (χ4n) is 1.03. The minimum absolute atomic E-state index is 0.161. The van der Waals surface area contributed by atoms with Gasteiger partial charge >= 0.3 is 5.97 Å². The summed E-state index contributed by atoms with van der Waals surface area (Å²) in [5, 5.41) is 22.3. The average molecular weight is 193 g/mol. The van der Waals surface area contributed by atoms with Crippen LogP contribution in [-0.4, -0.2) is 36.3 Å². The standard InChI is InChI=1S/C7H7N5O2/c13-7(14)5-1-9-12(3-5)4-6-2-8-11-10-6/h1-3H,4H2,(H,13,14)(H,8,10,11). The summed E-state index contributed by atoms with van der Waals surface area (Å²) < 4.78 is 1.49. The fourth-order valence-corrected chi connectivity index (χ4v) is 1.03. The highest BCUT2D eigenvalue weighted by atomic mass is 16.4. The Balaban J connectivity index is 2.14. The van der Waals surface area contributed by atoms with E-state index >= 15 is 0 Å². The van der Waals surface area contributed by atoms with Gasteiger partial charge in [0.1, 0.15) is 5.69 Å². The first kappa shape index (κ1) is 8.42. The Morgan fingerprint density at radius 2 is 2.50 bits per heavy atom. The summed E-state index contributed by atoms with van der Waals surface area (Å²) in [5.74, 6) is -0.989. The van der Waals surface area contributed by atoms with Crippen LogP contribution < -0.4 is 0 Å². The number of carboxylic acids is 1. The number of rotatable bonds is 3. The molecule has 0 aliphatic rings. The van der Waals surface area contributed by atoms with Gasteiger partial charge in [0, 0.05) is 12.4 Å². The predicted octanol–water partition coefficient (Wildman–Crippen LogP) is -0.252. The van der Waals surface area contributed by atoms with Gasteiger partial charge < -0.3 is 5.11 Å². The third kappa shape index (κ3) is 1.60. The SMILES string of the molecule is O=C(O)c1cnn(Cc2c[nH]nn2)c1. The Hall–Kier alpha value is -2.18. The Morgan fingerprint density at radius 3 is 3.07 bits per heavy atom. The molecule has 0 unspecified atom stereocenters. The van der Waals surface area contributed by atoms with Gasteiger partial charge in [-0.3, -0.25) is 9.78 Å². The van der Waals surface area contributed by atoms with Gasteiger partial charge in [0.05, 0.1) is 18.3 Å². The molecule has 14 heavy (non-hydrogen) atoms. The molecule has 0 fully saturated rings. The molecule has 2 aromatic rings. The lowest BCUT2D eigenvalue weighted by molar-refractivity contribution is 0.0697. The molecular weight excluding hydrogens is 186 g/mol. The minimum atomic E-state index is -0.989. The van der Waals surface area contributed by atoms with Crippen LogP contribution in [0.2, 0.25) is 0 Å². The number of hydrogen-bond donors (Lipinski definition) is 2. The Bertz CT molecular complexity index is 433. The van der Waals surface area contributed by atoms with Crippen molar-refractivity contribution in [2.24, 2.45) is 0 Å². The van der Waals surface area contributed by atoms with Gasteiger partial charge in [-0.05, 0) is 0 Å². The zero-order valence-electron chi connectivity index (χ0n) is 7.08. The van der Waals surface area contributed by atoms with Crippen molar-refractivity contribution in [1.29, 1.82) is 0 Å². The molecule has 2 aromatic heterocycles. The summed E-state index contributed by atoms with van der Waals surface area (Å²) in [6.45, 7) is 0.407. The van der Waals surface area contributed by atoms with Crippen molar-refractivity contribution in [1.82, 2.24) is 25.2 Å². The van der Waals surface area contributed by atoms with Crippen LogP contribution in [0.3, 0.4) is 0 Å². The lowest BCUT2D eigenvalue weighted by atomic mass is 10.4. The van der Waals surface area contributed by atoms with Crippen LogP contribution in [0, 0.1) is 0 Å². The van der Waals surface area contributed by atoms with Crippen molar-refractivity contribution in [3.63, 3.8) is 0 Å². The Morgan fingerprint density at radius 1 is 1.64 bits per heavy atom. The van der Waals surface area contributed by atoms with Gasteiger partial charge in [-0.1, -0.05) is 5.21 Å². The summed E-state index contributed by atoms with van der Waals surface area (Å²) in [6.07, 6.45) is 4.36.